The lowest BCUT2D eigenvalue weighted by atomic mass is 10.0. The second-order valence-electron chi connectivity index (χ2n) is 4.94. The Labute approximate surface area is 138 Å². The molecule has 0 bridgehead atoms. The van der Waals surface area contributed by atoms with Gasteiger partial charge in [-0.25, -0.2) is 13.6 Å². The summed E-state index contributed by atoms with van der Waals surface area (Å²) >= 11 is 0. The van der Waals surface area contributed by atoms with E-state index in [0.717, 1.165) is 6.07 Å². The third kappa shape index (κ3) is 3.50. The summed E-state index contributed by atoms with van der Waals surface area (Å²) in [5.74, 6) is 0. The van der Waals surface area contributed by atoms with Crippen LogP contribution in [0, 0.1) is 17.0 Å². The zero-order valence-corrected chi connectivity index (χ0v) is 13.6. The average molecular weight is 352 g/mol. The van der Waals surface area contributed by atoms with Crippen LogP contribution in [0.3, 0.4) is 0 Å². The van der Waals surface area contributed by atoms with Gasteiger partial charge in [-0.15, -0.1) is 0 Å². The van der Waals surface area contributed by atoms with Gasteiger partial charge in [0.05, 0.1) is 17.2 Å². The number of nitrogens with one attached hydrogen (secondary N) is 1. The molecule has 1 heterocycles. The fourth-order valence-electron chi connectivity index (χ4n) is 2.33. The summed E-state index contributed by atoms with van der Waals surface area (Å²) in [4.78, 5) is 14.1. The molecule has 0 amide bonds. The van der Waals surface area contributed by atoms with Gasteiger partial charge in [-0.3, -0.25) is 15.1 Å². The largest absolute Gasteiger partial charge is 0.395 e. The van der Waals surface area contributed by atoms with E-state index in [9.17, 15) is 18.5 Å². The molecule has 0 saturated heterocycles. The van der Waals surface area contributed by atoms with Crippen molar-refractivity contribution in [2.75, 3.05) is 18.5 Å². The van der Waals surface area contributed by atoms with Crippen molar-refractivity contribution in [1.82, 2.24) is 4.98 Å². The van der Waals surface area contributed by atoms with E-state index in [0.29, 0.717) is 16.8 Å². The minimum atomic E-state index is -4.35. The molecule has 0 saturated carbocycles. The lowest BCUT2D eigenvalue weighted by Gasteiger charge is -2.15. The first kappa shape index (κ1) is 17.8. The lowest BCUT2D eigenvalue weighted by molar-refractivity contribution is -0.386. The Morgan fingerprint density at radius 3 is 2.62 bits per heavy atom. The number of nitro groups is 1. The quantitative estimate of drug-likeness (QED) is 0.519. The summed E-state index contributed by atoms with van der Waals surface area (Å²) in [5, 5.41) is 28.3. The Bertz CT molecular complexity index is 868. The number of primary sulfonamides is 1. The Kier molecular flexibility index (Phi) is 5.12. The van der Waals surface area contributed by atoms with Gasteiger partial charge in [0, 0.05) is 18.3 Å². The molecule has 0 unspecified atom stereocenters. The SMILES string of the molecule is Cc1c(-c2ccccn2)cc(S(N)(=O)=O)c([N+](=O)[O-])c1NCCO. The van der Waals surface area contributed by atoms with Crippen molar-refractivity contribution in [2.45, 2.75) is 11.8 Å². The molecule has 1 aromatic heterocycles. The van der Waals surface area contributed by atoms with Gasteiger partial charge >= 0.3 is 5.69 Å². The third-order valence-corrected chi connectivity index (χ3v) is 4.29. The van der Waals surface area contributed by atoms with Gasteiger partial charge in [-0.2, -0.15) is 0 Å². The topological polar surface area (TPSA) is 148 Å². The predicted molar refractivity (Wildman–Crippen MR) is 88.0 cm³/mol. The van der Waals surface area contributed by atoms with Crippen LogP contribution < -0.4 is 10.5 Å². The molecule has 0 aliphatic carbocycles. The van der Waals surface area contributed by atoms with Crippen LogP contribution in [0.15, 0.2) is 35.4 Å². The second-order valence-corrected chi connectivity index (χ2v) is 6.47. The molecule has 1 aromatic carbocycles. The molecule has 9 nitrogen and oxygen atoms in total. The molecule has 0 spiro atoms. The van der Waals surface area contributed by atoms with E-state index in [4.69, 9.17) is 10.2 Å². The van der Waals surface area contributed by atoms with Crippen LogP contribution >= 0.6 is 0 Å². The second kappa shape index (κ2) is 6.91. The Balaban J connectivity index is 2.87. The summed E-state index contributed by atoms with van der Waals surface area (Å²) in [7, 11) is -4.35. The predicted octanol–water partition coefficient (Wildman–Crippen LogP) is 1.02. The monoisotopic (exact) mass is 352 g/mol. The van der Waals surface area contributed by atoms with Crippen molar-refractivity contribution in [3.63, 3.8) is 0 Å². The van der Waals surface area contributed by atoms with E-state index in [1.54, 1.807) is 25.1 Å². The van der Waals surface area contributed by atoms with Crippen LogP contribution in [-0.2, 0) is 10.0 Å². The van der Waals surface area contributed by atoms with Gasteiger partial charge < -0.3 is 10.4 Å². The molecule has 0 fully saturated rings. The lowest BCUT2D eigenvalue weighted by Crippen LogP contribution is -2.17. The molecule has 4 N–H and O–H groups in total. The van der Waals surface area contributed by atoms with Crippen molar-refractivity contribution < 1.29 is 18.4 Å². The highest BCUT2D eigenvalue weighted by Crippen LogP contribution is 2.39. The maximum Gasteiger partial charge on any atom is 0.312 e. The van der Waals surface area contributed by atoms with Gasteiger partial charge in [-0.05, 0) is 30.7 Å². The minimum Gasteiger partial charge on any atom is -0.395 e. The van der Waals surface area contributed by atoms with Gasteiger partial charge in [0.2, 0.25) is 10.0 Å². The normalized spacial score (nSPS) is 11.3. The summed E-state index contributed by atoms with van der Waals surface area (Å²) in [5.41, 5.74) is 0.609. The molecule has 128 valence electrons. The van der Waals surface area contributed by atoms with Crippen molar-refractivity contribution in [3.8, 4) is 11.3 Å². The first-order valence-corrected chi connectivity index (χ1v) is 8.43. The van der Waals surface area contributed by atoms with Crippen molar-refractivity contribution in [1.29, 1.82) is 0 Å². The van der Waals surface area contributed by atoms with Crippen molar-refractivity contribution in [2.24, 2.45) is 5.14 Å². The third-order valence-electron chi connectivity index (χ3n) is 3.37. The molecule has 0 radical (unpaired) electrons. The van der Waals surface area contributed by atoms with Crippen LogP contribution in [0.25, 0.3) is 11.3 Å². The number of hydrogen-bond acceptors (Lipinski definition) is 7. The number of rotatable bonds is 6. The molecule has 2 rings (SSSR count). The van der Waals surface area contributed by atoms with Gasteiger partial charge in [0.15, 0.2) is 4.90 Å². The zero-order chi connectivity index (χ0) is 17.9. The molecule has 24 heavy (non-hydrogen) atoms. The molecular weight excluding hydrogens is 336 g/mol. The molecule has 0 aliphatic rings. The van der Waals surface area contributed by atoms with E-state index < -0.39 is 25.5 Å². The van der Waals surface area contributed by atoms with Crippen LogP contribution in [0.4, 0.5) is 11.4 Å². The fraction of sp³-hybridized carbons (Fsp3) is 0.214. The smallest absolute Gasteiger partial charge is 0.312 e. The first-order chi connectivity index (χ1) is 11.3. The maximum atomic E-state index is 11.9. The number of hydrogen-bond donors (Lipinski definition) is 3. The van der Waals surface area contributed by atoms with E-state index in [1.165, 1.54) is 6.20 Å². The molecule has 2 aromatic rings. The Morgan fingerprint density at radius 1 is 1.42 bits per heavy atom. The summed E-state index contributed by atoms with van der Waals surface area (Å²) in [6.07, 6.45) is 1.52. The maximum absolute atomic E-state index is 11.9. The standard InChI is InChI=1S/C14H16N4O5S/c1-9-10(11-4-2-3-5-16-11)8-12(24(15,22)23)14(18(20)21)13(9)17-6-7-19/h2-5,8,17,19H,6-7H2,1H3,(H2,15,22,23). The number of sulfonamides is 1. The van der Waals surface area contributed by atoms with E-state index in [1.807, 2.05) is 0 Å². The molecule has 0 aliphatic heterocycles. The van der Waals surface area contributed by atoms with E-state index in [-0.39, 0.29) is 18.8 Å². The van der Waals surface area contributed by atoms with Gasteiger partial charge in [0.1, 0.15) is 5.69 Å². The summed E-state index contributed by atoms with van der Waals surface area (Å²) < 4.78 is 23.7. The van der Waals surface area contributed by atoms with Gasteiger partial charge in [-0.1, -0.05) is 6.07 Å². The first-order valence-electron chi connectivity index (χ1n) is 6.88. The number of pyridine rings is 1. The highest BCUT2D eigenvalue weighted by atomic mass is 32.2. The molecule has 10 heteroatoms. The zero-order valence-electron chi connectivity index (χ0n) is 12.8. The van der Waals surface area contributed by atoms with E-state index >= 15 is 0 Å². The van der Waals surface area contributed by atoms with Crippen LogP contribution in [0.1, 0.15) is 5.56 Å². The van der Waals surface area contributed by atoms with E-state index in [2.05, 4.69) is 10.3 Å². The van der Waals surface area contributed by atoms with Crippen LogP contribution in [0.2, 0.25) is 0 Å². The number of benzene rings is 1. The van der Waals surface area contributed by atoms with Crippen LogP contribution in [-0.4, -0.2) is 36.6 Å². The highest BCUT2D eigenvalue weighted by molar-refractivity contribution is 7.89. The van der Waals surface area contributed by atoms with Gasteiger partial charge in [0.25, 0.3) is 0 Å². The number of nitrogens with two attached hydrogens (primary N) is 1. The molecular formula is C14H16N4O5S. The summed E-state index contributed by atoms with van der Waals surface area (Å²) in [6.45, 7) is 1.33. The highest BCUT2D eigenvalue weighted by Gasteiger charge is 2.30. The Morgan fingerprint density at radius 2 is 2.12 bits per heavy atom. The van der Waals surface area contributed by atoms with Crippen molar-refractivity contribution in [3.05, 3.63) is 46.1 Å². The fourth-order valence-corrected chi connectivity index (χ4v) is 3.05. The Hall–Kier alpha value is -2.56. The minimum absolute atomic E-state index is 0.0113. The van der Waals surface area contributed by atoms with Crippen molar-refractivity contribution >= 4 is 21.4 Å². The number of nitrogens with zero attached hydrogens (tertiary/aromatic N) is 2. The number of aromatic nitrogens is 1. The average Bonchev–Trinajstić information content (AvgIpc) is 2.52. The number of nitro benzene ring substituents is 1. The number of anilines is 1. The molecule has 0 atom stereocenters. The summed E-state index contributed by atoms with van der Waals surface area (Å²) in [6, 6.07) is 6.20. The number of aliphatic hydroxyl groups is 1. The number of aliphatic hydroxyl groups excluding tert-OH is 1. The van der Waals surface area contributed by atoms with Crippen LogP contribution in [0.5, 0.6) is 0 Å².